The lowest BCUT2D eigenvalue weighted by molar-refractivity contribution is -0.147. The molecule has 0 aliphatic carbocycles. The molecule has 0 unspecified atom stereocenters. The van der Waals surface area contributed by atoms with Gasteiger partial charge in [-0.1, -0.05) is 49.7 Å². The number of nitrogens with one attached hydrogen (secondary N) is 1. The standard InChI is InChI=1S/C22H22N2O4/c1-2-9-19(24-20(25)16-10-5-3-6-11-16)22(26)28-15-18-14-27-21(23-18)17-12-7-4-8-13-17/h3-8,10-14,19H,2,9,15H2,1H3,(H,24,25)/t19-/m1/s1. The number of nitrogens with zero attached hydrogens (tertiary/aromatic N) is 1. The second kappa shape index (κ2) is 9.50. The van der Waals surface area contributed by atoms with E-state index in [0.29, 0.717) is 23.6 Å². The van der Waals surface area contributed by atoms with Crippen LogP contribution in [0.5, 0.6) is 0 Å². The molecule has 144 valence electrons. The van der Waals surface area contributed by atoms with E-state index < -0.39 is 12.0 Å². The molecule has 0 saturated carbocycles. The highest BCUT2D eigenvalue weighted by atomic mass is 16.5. The van der Waals surface area contributed by atoms with Crippen molar-refractivity contribution in [3.05, 3.63) is 78.2 Å². The fraction of sp³-hybridized carbons (Fsp3) is 0.227. The van der Waals surface area contributed by atoms with E-state index >= 15 is 0 Å². The average molecular weight is 378 g/mol. The molecule has 0 spiro atoms. The third-order valence-electron chi connectivity index (χ3n) is 4.14. The molecule has 1 aromatic heterocycles. The quantitative estimate of drug-likeness (QED) is 0.600. The van der Waals surface area contributed by atoms with Crippen molar-refractivity contribution in [2.45, 2.75) is 32.4 Å². The van der Waals surface area contributed by atoms with Crippen LogP contribution in [0.25, 0.3) is 11.5 Å². The van der Waals surface area contributed by atoms with Gasteiger partial charge in [0.05, 0.1) is 0 Å². The van der Waals surface area contributed by atoms with Crippen LogP contribution in [0.1, 0.15) is 35.8 Å². The predicted octanol–water partition coefficient (Wildman–Crippen LogP) is 3.98. The zero-order valence-corrected chi connectivity index (χ0v) is 15.6. The van der Waals surface area contributed by atoms with Crippen LogP contribution in [0.4, 0.5) is 0 Å². The lowest BCUT2D eigenvalue weighted by atomic mass is 10.1. The third-order valence-corrected chi connectivity index (χ3v) is 4.14. The molecule has 1 atom stereocenters. The number of aromatic nitrogens is 1. The zero-order chi connectivity index (χ0) is 19.8. The summed E-state index contributed by atoms with van der Waals surface area (Å²) in [5.74, 6) is -0.326. The first-order valence-corrected chi connectivity index (χ1v) is 9.19. The van der Waals surface area contributed by atoms with Crippen molar-refractivity contribution >= 4 is 11.9 Å². The highest BCUT2D eigenvalue weighted by Gasteiger charge is 2.22. The summed E-state index contributed by atoms with van der Waals surface area (Å²) in [7, 11) is 0. The second-order valence-corrected chi connectivity index (χ2v) is 6.30. The molecule has 1 amide bonds. The minimum absolute atomic E-state index is 0.0173. The van der Waals surface area contributed by atoms with Gasteiger partial charge in [0.2, 0.25) is 5.89 Å². The number of amides is 1. The molecule has 0 aliphatic heterocycles. The first-order valence-electron chi connectivity index (χ1n) is 9.19. The van der Waals surface area contributed by atoms with Gasteiger partial charge in [0.15, 0.2) is 0 Å². The molecule has 0 bridgehead atoms. The van der Waals surface area contributed by atoms with Crippen molar-refractivity contribution in [3.63, 3.8) is 0 Å². The molecular formula is C22H22N2O4. The largest absolute Gasteiger partial charge is 0.458 e. The van der Waals surface area contributed by atoms with Crippen molar-refractivity contribution in [1.29, 1.82) is 0 Å². The fourth-order valence-electron chi connectivity index (χ4n) is 2.70. The van der Waals surface area contributed by atoms with Crippen LogP contribution < -0.4 is 5.32 Å². The van der Waals surface area contributed by atoms with Crippen LogP contribution >= 0.6 is 0 Å². The SMILES string of the molecule is CCC[C@@H](NC(=O)c1ccccc1)C(=O)OCc1coc(-c2ccccc2)n1. The summed E-state index contributed by atoms with van der Waals surface area (Å²) < 4.78 is 10.8. The molecule has 0 radical (unpaired) electrons. The van der Waals surface area contributed by atoms with Crippen LogP contribution in [0.2, 0.25) is 0 Å². The Morgan fingerprint density at radius 3 is 2.43 bits per heavy atom. The van der Waals surface area contributed by atoms with Crippen molar-refractivity contribution in [2.75, 3.05) is 0 Å². The lowest BCUT2D eigenvalue weighted by Crippen LogP contribution is -2.41. The molecule has 6 nitrogen and oxygen atoms in total. The Morgan fingerprint density at radius 1 is 1.07 bits per heavy atom. The Hall–Kier alpha value is -3.41. The molecule has 0 saturated heterocycles. The number of hydrogen-bond donors (Lipinski definition) is 1. The maximum atomic E-state index is 12.5. The van der Waals surface area contributed by atoms with E-state index in [4.69, 9.17) is 9.15 Å². The smallest absolute Gasteiger partial charge is 0.329 e. The first-order chi connectivity index (χ1) is 13.7. The van der Waals surface area contributed by atoms with Gasteiger partial charge >= 0.3 is 5.97 Å². The van der Waals surface area contributed by atoms with E-state index in [2.05, 4.69) is 10.3 Å². The Kier molecular flexibility index (Phi) is 6.57. The summed E-state index contributed by atoms with van der Waals surface area (Å²) >= 11 is 0. The maximum absolute atomic E-state index is 12.5. The van der Waals surface area contributed by atoms with E-state index in [1.807, 2.05) is 43.3 Å². The fourth-order valence-corrected chi connectivity index (χ4v) is 2.70. The minimum atomic E-state index is -0.710. The molecule has 2 aromatic carbocycles. The number of rotatable bonds is 8. The van der Waals surface area contributed by atoms with Crippen LogP contribution in [0, 0.1) is 0 Å². The van der Waals surface area contributed by atoms with Gasteiger partial charge in [-0.05, 0) is 30.7 Å². The number of oxazole rings is 1. The number of carbonyl (C=O) groups is 2. The van der Waals surface area contributed by atoms with Crippen molar-refractivity contribution in [2.24, 2.45) is 0 Å². The third kappa shape index (κ3) is 5.07. The molecule has 1 N–H and O–H groups in total. The Morgan fingerprint density at radius 2 is 1.75 bits per heavy atom. The van der Waals surface area contributed by atoms with E-state index in [9.17, 15) is 9.59 Å². The van der Waals surface area contributed by atoms with E-state index in [0.717, 1.165) is 12.0 Å². The van der Waals surface area contributed by atoms with Crippen LogP contribution in [0.15, 0.2) is 71.3 Å². The summed E-state index contributed by atoms with van der Waals surface area (Å²) in [5.41, 5.74) is 1.86. The Bertz CT molecular complexity index is 907. The summed E-state index contributed by atoms with van der Waals surface area (Å²) in [4.78, 5) is 29.1. The highest BCUT2D eigenvalue weighted by molar-refractivity contribution is 5.96. The lowest BCUT2D eigenvalue weighted by Gasteiger charge is -2.16. The number of hydrogen-bond acceptors (Lipinski definition) is 5. The summed E-state index contributed by atoms with van der Waals surface area (Å²) in [6.07, 6.45) is 2.69. The summed E-state index contributed by atoms with van der Waals surface area (Å²) in [6.45, 7) is 1.93. The number of esters is 1. The molecular weight excluding hydrogens is 356 g/mol. The molecule has 3 aromatic rings. The van der Waals surface area contributed by atoms with Gasteiger partial charge in [0.25, 0.3) is 5.91 Å². The molecule has 6 heteroatoms. The number of benzene rings is 2. The van der Waals surface area contributed by atoms with Crippen molar-refractivity contribution in [1.82, 2.24) is 10.3 Å². The van der Waals surface area contributed by atoms with E-state index in [1.165, 1.54) is 6.26 Å². The topological polar surface area (TPSA) is 81.4 Å². The average Bonchev–Trinajstić information content (AvgIpc) is 3.22. The van der Waals surface area contributed by atoms with Gasteiger partial charge in [-0.25, -0.2) is 9.78 Å². The van der Waals surface area contributed by atoms with Crippen LogP contribution in [-0.2, 0) is 16.1 Å². The zero-order valence-electron chi connectivity index (χ0n) is 15.6. The van der Waals surface area contributed by atoms with Gasteiger partial charge in [0, 0.05) is 11.1 Å². The van der Waals surface area contributed by atoms with Gasteiger partial charge in [-0.15, -0.1) is 0 Å². The minimum Gasteiger partial charge on any atom is -0.458 e. The van der Waals surface area contributed by atoms with Crippen LogP contribution in [-0.4, -0.2) is 22.9 Å². The normalized spacial score (nSPS) is 11.6. The van der Waals surface area contributed by atoms with Crippen LogP contribution in [0.3, 0.4) is 0 Å². The monoisotopic (exact) mass is 378 g/mol. The van der Waals surface area contributed by atoms with Gasteiger partial charge in [0.1, 0.15) is 24.6 Å². The molecule has 3 rings (SSSR count). The Labute approximate surface area is 163 Å². The van der Waals surface area contributed by atoms with E-state index in [-0.39, 0.29) is 12.5 Å². The summed E-state index contributed by atoms with van der Waals surface area (Å²) in [5, 5.41) is 2.74. The van der Waals surface area contributed by atoms with E-state index in [1.54, 1.807) is 24.3 Å². The molecule has 0 fully saturated rings. The first kappa shape index (κ1) is 19.4. The number of ether oxygens (including phenoxy) is 1. The van der Waals surface area contributed by atoms with Gasteiger partial charge in [-0.3, -0.25) is 4.79 Å². The molecule has 0 aliphatic rings. The summed E-state index contributed by atoms with van der Waals surface area (Å²) in [6, 6.07) is 17.5. The molecule has 28 heavy (non-hydrogen) atoms. The van der Waals surface area contributed by atoms with Crippen molar-refractivity contribution < 1.29 is 18.7 Å². The van der Waals surface area contributed by atoms with Gasteiger partial charge < -0.3 is 14.5 Å². The maximum Gasteiger partial charge on any atom is 0.329 e. The highest BCUT2D eigenvalue weighted by Crippen LogP contribution is 2.18. The predicted molar refractivity (Wildman–Crippen MR) is 104 cm³/mol. The van der Waals surface area contributed by atoms with Crippen molar-refractivity contribution in [3.8, 4) is 11.5 Å². The van der Waals surface area contributed by atoms with Gasteiger partial charge in [-0.2, -0.15) is 0 Å². The second-order valence-electron chi connectivity index (χ2n) is 6.30. The Balaban J connectivity index is 1.58. The molecule has 1 heterocycles. The number of carbonyl (C=O) groups excluding carboxylic acids is 2.